The fourth-order valence-corrected chi connectivity index (χ4v) is 6.93. The number of rotatable bonds is 35. The molecule has 0 aliphatic carbocycles. The van der Waals surface area contributed by atoms with Gasteiger partial charge in [0, 0.05) is 12.8 Å². The van der Waals surface area contributed by atoms with Crippen LogP contribution in [0.4, 0.5) is 0 Å². The number of carbonyl (C=O) groups excluding carboxylic acids is 2. The number of aliphatic hydroxyl groups excluding tert-OH is 3. The summed E-state index contributed by atoms with van der Waals surface area (Å²) in [5.74, 6) is -0.927. The number of ether oxygens (including phenoxy) is 3. The van der Waals surface area contributed by atoms with Crippen LogP contribution in [-0.2, 0) is 23.8 Å². The van der Waals surface area contributed by atoms with Gasteiger partial charge in [-0.15, -0.1) is 0 Å². The summed E-state index contributed by atoms with van der Waals surface area (Å²) in [4.78, 5) is 24.6. The van der Waals surface area contributed by atoms with E-state index in [1.165, 1.54) is 148 Å². The molecule has 3 N–H and O–H groups in total. The van der Waals surface area contributed by atoms with Gasteiger partial charge in [0.15, 0.2) is 12.4 Å². The number of esters is 2. The molecule has 0 aromatic rings. The summed E-state index contributed by atoms with van der Waals surface area (Å²) in [6.45, 7) is 4.23. The number of unbranched alkanes of at least 4 members (excludes halogenated alkanes) is 28. The topological polar surface area (TPSA) is 123 Å². The molecule has 50 heavy (non-hydrogen) atoms. The van der Waals surface area contributed by atoms with Gasteiger partial charge < -0.3 is 29.5 Å². The molecule has 0 spiro atoms. The van der Waals surface area contributed by atoms with Crippen molar-refractivity contribution < 1.29 is 39.1 Å². The van der Waals surface area contributed by atoms with Crippen molar-refractivity contribution in [3.05, 3.63) is 0 Å². The van der Waals surface area contributed by atoms with Crippen LogP contribution in [0.15, 0.2) is 0 Å². The van der Waals surface area contributed by atoms with Gasteiger partial charge in [-0.1, -0.05) is 194 Å². The van der Waals surface area contributed by atoms with Crippen LogP contribution in [0.3, 0.4) is 0 Å². The Labute approximate surface area is 307 Å². The molecule has 296 valence electrons. The lowest BCUT2D eigenvalue weighted by molar-refractivity contribution is -0.291. The fraction of sp³-hybridized carbons (Fsp3) is 0.952. The zero-order valence-corrected chi connectivity index (χ0v) is 32.6. The Morgan fingerprint density at radius 2 is 0.780 bits per heavy atom. The van der Waals surface area contributed by atoms with Gasteiger partial charge in [-0.25, -0.2) is 0 Å². The van der Waals surface area contributed by atoms with Crippen molar-refractivity contribution >= 4 is 11.9 Å². The van der Waals surface area contributed by atoms with Gasteiger partial charge in [0.05, 0.1) is 0 Å². The van der Waals surface area contributed by atoms with Crippen LogP contribution in [0.5, 0.6) is 0 Å². The van der Waals surface area contributed by atoms with E-state index >= 15 is 0 Å². The highest BCUT2D eigenvalue weighted by Gasteiger charge is 2.46. The first-order valence-corrected chi connectivity index (χ1v) is 21.4. The predicted molar refractivity (Wildman–Crippen MR) is 203 cm³/mol. The molecule has 1 aliphatic heterocycles. The molecular formula is C42H80O8. The van der Waals surface area contributed by atoms with Crippen molar-refractivity contribution in [3.63, 3.8) is 0 Å². The standard InChI is InChI=1S/C42H80O8/c1-3-5-7-9-11-13-15-17-19-21-23-25-27-29-31-33-37(43)48-35-36-39(45)40(46)41(42(47)49-36)50-38(44)34-32-30-28-26-24-22-20-18-16-14-12-10-8-6-4-2/h36,39-42,45-47H,3-35H2,1-2H3/t36?,39-,40+,41?,42?/m1/s1. The monoisotopic (exact) mass is 713 g/mol. The van der Waals surface area contributed by atoms with Crippen LogP contribution in [0, 0.1) is 0 Å². The Hall–Kier alpha value is -1.22. The molecule has 8 nitrogen and oxygen atoms in total. The molecule has 1 aliphatic rings. The molecular weight excluding hydrogens is 632 g/mol. The molecule has 3 unspecified atom stereocenters. The van der Waals surface area contributed by atoms with Crippen molar-refractivity contribution in [2.45, 2.75) is 250 Å². The summed E-state index contributed by atoms with van der Waals surface area (Å²) in [7, 11) is 0. The SMILES string of the molecule is CCCCCCCCCCCCCCCCCC(=O)OCC1OC(O)C(OC(=O)CCCCCCCCCCCCCCCCC)[C@@H](O)[C@@H]1O. The van der Waals surface area contributed by atoms with Gasteiger partial charge in [0.25, 0.3) is 0 Å². The van der Waals surface area contributed by atoms with E-state index in [0.29, 0.717) is 6.42 Å². The molecule has 1 rings (SSSR count). The first-order chi connectivity index (χ1) is 24.4. The van der Waals surface area contributed by atoms with Gasteiger partial charge in [-0.3, -0.25) is 9.59 Å². The summed E-state index contributed by atoms with van der Waals surface area (Å²) in [6.07, 6.45) is 30.7. The molecule has 0 bridgehead atoms. The normalized spacial score (nSPS) is 20.6. The van der Waals surface area contributed by atoms with Gasteiger partial charge >= 0.3 is 11.9 Å². The van der Waals surface area contributed by atoms with Gasteiger partial charge in [0.2, 0.25) is 0 Å². The van der Waals surface area contributed by atoms with Crippen LogP contribution in [0.25, 0.3) is 0 Å². The molecule has 0 aromatic carbocycles. The average Bonchev–Trinajstić information content (AvgIpc) is 3.11. The molecule has 5 atom stereocenters. The summed E-state index contributed by atoms with van der Waals surface area (Å²) < 4.78 is 15.9. The largest absolute Gasteiger partial charge is 0.463 e. The minimum Gasteiger partial charge on any atom is -0.463 e. The van der Waals surface area contributed by atoms with Gasteiger partial charge in [-0.2, -0.15) is 0 Å². The fourth-order valence-electron chi connectivity index (χ4n) is 6.93. The molecule has 1 heterocycles. The Kier molecular flexibility index (Phi) is 31.5. The van der Waals surface area contributed by atoms with Crippen LogP contribution >= 0.6 is 0 Å². The van der Waals surface area contributed by atoms with Crippen molar-refractivity contribution in [1.82, 2.24) is 0 Å². The van der Waals surface area contributed by atoms with Crippen molar-refractivity contribution in [1.29, 1.82) is 0 Å². The lowest BCUT2D eigenvalue weighted by Crippen LogP contribution is -2.60. The second-order valence-corrected chi connectivity index (χ2v) is 15.1. The van der Waals surface area contributed by atoms with E-state index in [-0.39, 0.29) is 19.4 Å². The third-order valence-electron chi connectivity index (χ3n) is 10.3. The molecule has 1 fully saturated rings. The Morgan fingerprint density at radius 3 is 1.14 bits per heavy atom. The minimum atomic E-state index is -1.61. The zero-order chi connectivity index (χ0) is 36.5. The second kappa shape index (κ2) is 33.6. The second-order valence-electron chi connectivity index (χ2n) is 15.1. The summed E-state index contributed by atoms with van der Waals surface area (Å²) in [5.41, 5.74) is 0. The molecule has 0 amide bonds. The molecule has 0 aromatic heterocycles. The zero-order valence-electron chi connectivity index (χ0n) is 32.6. The Morgan fingerprint density at radius 1 is 0.460 bits per heavy atom. The number of hydrogen-bond donors (Lipinski definition) is 3. The van der Waals surface area contributed by atoms with Gasteiger partial charge in [0.1, 0.15) is 24.9 Å². The highest BCUT2D eigenvalue weighted by molar-refractivity contribution is 5.69. The summed E-state index contributed by atoms with van der Waals surface area (Å²) >= 11 is 0. The van der Waals surface area contributed by atoms with E-state index in [2.05, 4.69) is 13.8 Å². The lowest BCUT2D eigenvalue weighted by Gasteiger charge is -2.39. The first-order valence-electron chi connectivity index (χ1n) is 21.4. The van der Waals surface area contributed by atoms with E-state index in [1.807, 2.05) is 0 Å². The third kappa shape index (κ3) is 25.7. The highest BCUT2D eigenvalue weighted by Crippen LogP contribution is 2.24. The van der Waals surface area contributed by atoms with E-state index in [9.17, 15) is 24.9 Å². The van der Waals surface area contributed by atoms with Crippen molar-refractivity contribution in [3.8, 4) is 0 Å². The van der Waals surface area contributed by atoms with E-state index in [1.54, 1.807) is 0 Å². The average molecular weight is 713 g/mol. The quantitative estimate of drug-likeness (QED) is 0.0438. The van der Waals surface area contributed by atoms with E-state index in [0.717, 1.165) is 38.5 Å². The smallest absolute Gasteiger partial charge is 0.306 e. The first kappa shape index (κ1) is 46.8. The minimum absolute atomic E-state index is 0.185. The van der Waals surface area contributed by atoms with Crippen molar-refractivity contribution in [2.24, 2.45) is 0 Å². The van der Waals surface area contributed by atoms with Crippen LogP contribution < -0.4 is 0 Å². The van der Waals surface area contributed by atoms with E-state index in [4.69, 9.17) is 14.2 Å². The number of carbonyl (C=O) groups is 2. The third-order valence-corrected chi connectivity index (χ3v) is 10.3. The molecule has 0 saturated carbocycles. The molecule has 0 radical (unpaired) electrons. The maximum Gasteiger partial charge on any atom is 0.306 e. The van der Waals surface area contributed by atoms with Crippen molar-refractivity contribution in [2.75, 3.05) is 6.61 Å². The lowest BCUT2D eigenvalue weighted by atomic mass is 9.99. The predicted octanol–water partition coefficient (Wildman–Crippen LogP) is 10.4. The Balaban J connectivity index is 2.02. The summed E-state index contributed by atoms with van der Waals surface area (Å²) in [6, 6.07) is 0. The summed E-state index contributed by atoms with van der Waals surface area (Å²) in [5, 5.41) is 31.4. The molecule has 8 heteroatoms. The van der Waals surface area contributed by atoms with Crippen LogP contribution in [0.2, 0.25) is 0 Å². The highest BCUT2D eigenvalue weighted by atomic mass is 16.7. The van der Waals surface area contributed by atoms with Gasteiger partial charge in [-0.05, 0) is 12.8 Å². The van der Waals surface area contributed by atoms with Crippen LogP contribution in [-0.4, -0.2) is 64.6 Å². The number of hydrogen-bond acceptors (Lipinski definition) is 8. The maximum absolute atomic E-state index is 12.4. The molecule has 1 saturated heterocycles. The van der Waals surface area contributed by atoms with E-state index < -0.39 is 42.6 Å². The van der Waals surface area contributed by atoms with Crippen LogP contribution in [0.1, 0.15) is 219 Å². The number of aliphatic hydroxyl groups is 3. The Bertz CT molecular complexity index is 775. The maximum atomic E-state index is 12.4.